The van der Waals surface area contributed by atoms with Crippen LogP contribution >= 0.6 is 0 Å². The third-order valence-electron chi connectivity index (χ3n) is 5.87. The Morgan fingerprint density at radius 1 is 1.10 bits per heavy atom. The highest BCUT2D eigenvalue weighted by Gasteiger charge is 2.33. The van der Waals surface area contributed by atoms with E-state index in [9.17, 15) is 4.79 Å². The number of carbonyl (C=O) groups excluding carboxylic acids is 1. The number of rotatable bonds is 6. The lowest BCUT2D eigenvalue weighted by Crippen LogP contribution is -2.40. The Kier molecular flexibility index (Phi) is 6.51. The predicted octanol–water partition coefficient (Wildman–Crippen LogP) is 5.51. The molecule has 2 heterocycles. The van der Waals surface area contributed by atoms with E-state index in [4.69, 9.17) is 9.84 Å². The Morgan fingerprint density at radius 2 is 1.81 bits per heavy atom. The van der Waals surface area contributed by atoms with Gasteiger partial charge < -0.3 is 9.64 Å². The number of amides is 1. The predicted molar refractivity (Wildman–Crippen MR) is 124 cm³/mol. The third kappa shape index (κ3) is 4.26. The molecule has 0 aliphatic carbocycles. The Morgan fingerprint density at radius 3 is 2.48 bits per heavy atom. The van der Waals surface area contributed by atoms with Crippen LogP contribution in [-0.2, 0) is 0 Å². The van der Waals surface area contributed by atoms with Crippen molar-refractivity contribution in [1.29, 1.82) is 0 Å². The highest BCUT2D eigenvalue weighted by Crippen LogP contribution is 2.35. The van der Waals surface area contributed by atoms with Gasteiger partial charge in [0, 0.05) is 18.2 Å². The van der Waals surface area contributed by atoms with Crippen molar-refractivity contribution in [2.75, 3.05) is 13.7 Å². The first-order chi connectivity index (χ1) is 15.2. The van der Waals surface area contributed by atoms with E-state index in [1.54, 1.807) is 11.8 Å². The number of hydrogen-bond donors (Lipinski definition) is 0. The average molecular weight is 416 g/mol. The maximum absolute atomic E-state index is 14.0. The molecule has 1 amide bonds. The SMILES string of the molecule is C=CCC1CCCCCN1C(=O)c1c(-c2ccccc2)nn(-c2ccccc2)c1OC. The molecular formula is C26H29N3O2. The molecule has 1 aliphatic rings. The Balaban J connectivity index is 1.87. The summed E-state index contributed by atoms with van der Waals surface area (Å²) in [4.78, 5) is 16.0. The highest BCUT2D eigenvalue weighted by molar-refractivity contribution is 6.02. The van der Waals surface area contributed by atoms with Crippen LogP contribution in [-0.4, -0.2) is 40.3 Å². The zero-order valence-electron chi connectivity index (χ0n) is 18.0. The molecule has 0 bridgehead atoms. The molecule has 160 valence electrons. The molecule has 1 aliphatic heterocycles. The van der Waals surface area contributed by atoms with Gasteiger partial charge in [-0.1, -0.05) is 67.4 Å². The Labute approximate surface area is 184 Å². The second kappa shape index (κ2) is 9.65. The lowest BCUT2D eigenvalue weighted by atomic mass is 10.0. The molecule has 3 aromatic rings. The van der Waals surface area contributed by atoms with Crippen LogP contribution < -0.4 is 4.74 Å². The Bertz CT molecular complexity index is 1030. The first-order valence-corrected chi connectivity index (χ1v) is 10.9. The number of para-hydroxylation sites is 1. The van der Waals surface area contributed by atoms with Gasteiger partial charge in [0.2, 0.25) is 5.88 Å². The summed E-state index contributed by atoms with van der Waals surface area (Å²) in [6.07, 6.45) is 6.99. The van der Waals surface area contributed by atoms with Crippen LogP contribution in [0.25, 0.3) is 16.9 Å². The zero-order chi connectivity index (χ0) is 21.6. The monoisotopic (exact) mass is 415 g/mol. The molecule has 0 radical (unpaired) electrons. The quantitative estimate of drug-likeness (QED) is 0.499. The van der Waals surface area contributed by atoms with Crippen molar-refractivity contribution in [1.82, 2.24) is 14.7 Å². The standard InChI is InChI=1S/C26H29N3O2/c1-3-13-21-16-11-6-12-19-28(21)25(30)23-24(20-14-7-4-8-15-20)27-29(26(23)31-2)22-17-9-5-10-18-22/h3-5,7-10,14-15,17-18,21H,1,6,11-13,16,19H2,2H3. The van der Waals surface area contributed by atoms with Crippen LogP contribution in [0.4, 0.5) is 0 Å². The Hall–Kier alpha value is -3.34. The number of methoxy groups -OCH3 is 1. The number of likely N-dealkylation sites (tertiary alicyclic amines) is 1. The van der Waals surface area contributed by atoms with Crippen LogP contribution in [0.3, 0.4) is 0 Å². The van der Waals surface area contributed by atoms with Crippen molar-refractivity contribution in [2.24, 2.45) is 0 Å². The number of carbonyl (C=O) groups is 1. The summed E-state index contributed by atoms with van der Waals surface area (Å²) in [6.45, 7) is 4.66. The van der Waals surface area contributed by atoms with E-state index in [1.165, 1.54) is 0 Å². The van der Waals surface area contributed by atoms with Crippen LogP contribution in [0.15, 0.2) is 73.3 Å². The van der Waals surface area contributed by atoms with E-state index in [0.29, 0.717) is 17.1 Å². The van der Waals surface area contributed by atoms with Crippen LogP contribution in [0, 0.1) is 0 Å². The minimum Gasteiger partial charge on any atom is -0.480 e. The van der Waals surface area contributed by atoms with Crippen molar-refractivity contribution < 1.29 is 9.53 Å². The van der Waals surface area contributed by atoms with Crippen molar-refractivity contribution >= 4 is 5.91 Å². The summed E-state index contributed by atoms with van der Waals surface area (Å²) in [5.41, 5.74) is 2.92. The lowest BCUT2D eigenvalue weighted by Gasteiger charge is -2.29. The topological polar surface area (TPSA) is 47.4 Å². The molecule has 31 heavy (non-hydrogen) atoms. The van der Waals surface area contributed by atoms with Gasteiger partial charge in [-0.05, 0) is 31.4 Å². The minimum absolute atomic E-state index is 0.0216. The summed E-state index contributed by atoms with van der Waals surface area (Å²) >= 11 is 0. The van der Waals surface area contributed by atoms with Gasteiger partial charge in [0.1, 0.15) is 11.3 Å². The van der Waals surface area contributed by atoms with Crippen molar-refractivity contribution in [3.8, 4) is 22.8 Å². The maximum atomic E-state index is 14.0. The second-order valence-corrected chi connectivity index (χ2v) is 7.87. The average Bonchev–Trinajstić information content (AvgIpc) is 3.06. The summed E-state index contributed by atoms with van der Waals surface area (Å²) in [7, 11) is 1.60. The number of aromatic nitrogens is 2. The fraction of sp³-hybridized carbons (Fsp3) is 0.308. The normalized spacial score (nSPS) is 16.5. The number of hydrogen-bond acceptors (Lipinski definition) is 3. The summed E-state index contributed by atoms with van der Waals surface area (Å²) < 4.78 is 7.54. The molecule has 1 fully saturated rings. The van der Waals surface area contributed by atoms with Gasteiger partial charge in [-0.15, -0.1) is 6.58 Å². The first kappa shape index (κ1) is 20.9. The smallest absolute Gasteiger partial charge is 0.261 e. The van der Waals surface area contributed by atoms with Gasteiger partial charge in [-0.2, -0.15) is 9.78 Å². The van der Waals surface area contributed by atoms with Crippen molar-refractivity contribution in [2.45, 2.75) is 38.1 Å². The zero-order valence-corrected chi connectivity index (χ0v) is 18.0. The van der Waals surface area contributed by atoms with E-state index in [1.807, 2.05) is 71.6 Å². The molecule has 1 saturated heterocycles. The van der Waals surface area contributed by atoms with Gasteiger partial charge in [0.25, 0.3) is 5.91 Å². The van der Waals surface area contributed by atoms with Gasteiger partial charge in [0.15, 0.2) is 0 Å². The highest BCUT2D eigenvalue weighted by atomic mass is 16.5. The van der Waals surface area contributed by atoms with E-state index in [-0.39, 0.29) is 11.9 Å². The van der Waals surface area contributed by atoms with Crippen LogP contribution in [0.5, 0.6) is 5.88 Å². The van der Waals surface area contributed by atoms with Crippen LogP contribution in [0.1, 0.15) is 42.5 Å². The third-order valence-corrected chi connectivity index (χ3v) is 5.87. The maximum Gasteiger partial charge on any atom is 0.261 e. The molecule has 2 aromatic carbocycles. The molecule has 4 rings (SSSR count). The van der Waals surface area contributed by atoms with Gasteiger partial charge in [-0.3, -0.25) is 4.79 Å². The van der Waals surface area contributed by atoms with Crippen molar-refractivity contribution in [3.05, 3.63) is 78.9 Å². The largest absolute Gasteiger partial charge is 0.480 e. The van der Waals surface area contributed by atoms with E-state index in [0.717, 1.165) is 49.9 Å². The van der Waals surface area contributed by atoms with Gasteiger partial charge in [-0.25, -0.2) is 0 Å². The van der Waals surface area contributed by atoms with E-state index < -0.39 is 0 Å². The summed E-state index contributed by atoms with van der Waals surface area (Å²) in [6, 6.07) is 19.8. The molecule has 0 N–H and O–H groups in total. The number of nitrogens with zero attached hydrogens (tertiary/aromatic N) is 3. The van der Waals surface area contributed by atoms with Gasteiger partial charge >= 0.3 is 0 Å². The molecule has 1 atom stereocenters. The molecule has 1 unspecified atom stereocenters. The molecule has 5 nitrogen and oxygen atoms in total. The minimum atomic E-state index is -0.0216. The second-order valence-electron chi connectivity index (χ2n) is 7.87. The van der Waals surface area contributed by atoms with Gasteiger partial charge in [0.05, 0.1) is 12.8 Å². The van der Waals surface area contributed by atoms with E-state index >= 15 is 0 Å². The number of benzene rings is 2. The molecular weight excluding hydrogens is 386 g/mol. The van der Waals surface area contributed by atoms with Crippen LogP contribution in [0.2, 0.25) is 0 Å². The summed E-state index contributed by atoms with van der Waals surface area (Å²) in [5.74, 6) is 0.447. The summed E-state index contributed by atoms with van der Waals surface area (Å²) in [5, 5.41) is 4.86. The fourth-order valence-electron chi connectivity index (χ4n) is 4.35. The number of ether oxygens (including phenoxy) is 1. The molecule has 5 heteroatoms. The van der Waals surface area contributed by atoms with E-state index in [2.05, 4.69) is 6.58 Å². The fourth-order valence-corrected chi connectivity index (χ4v) is 4.35. The molecule has 0 spiro atoms. The molecule has 0 saturated carbocycles. The molecule has 1 aromatic heterocycles. The lowest BCUT2D eigenvalue weighted by molar-refractivity contribution is 0.0681. The first-order valence-electron chi connectivity index (χ1n) is 10.9. The van der Waals surface area contributed by atoms with Crippen molar-refractivity contribution in [3.63, 3.8) is 0 Å².